The van der Waals surface area contributed by atoms with Crippen LogP contribution < -0.4 is 5.73 Å². The fraction of sp³-hybridized carbons (Fsp3) is 0.923. The predicted molar refractivity (Wildman–Crippen MR) is 66.6 cm³/mol. The summed E-state index contributed by atoms with van der Waals surface area (Å²) in [4.78, 5) is 13.9. The Balaban J connectivity index is 2.02. The molecule has 1 saturated carbocycles. The van der Waals surface area contributed by atoms with Crippen LogP contribution in [-0.4, -0.2) is 42.1 Å². The number of ether oxygens (including phenoxy) is 1. The lowest BCUT2D eigenvalue weighted by molar-refractivity contribution is -0.153. The van der Waals surface area contributed by atoms with Gasteiger partial charge >= 0.3 is 0 Å². The van der Waals surface area contributed by atoms with E-state index in [1.807, 2.05) is 4.90 Å². The summed E-state index contributed by atoms with van der Waals surface area (Å²) in [5.74, 6) is 0.0666. The van der Waals surface area contributed by atoms with Gasteiger partial charge in [-0.15, -0.1) is 0 Å². The molecular weight excluding hydrogens is 216 g/mol. The number of carbonyl (C=O) groups excluding carboxylic acids is 1. The summed E-state index contributed by atoms with van der Waals surface area (Å²) in [6, 6.07) is -0.393. The van der Waals surface area contributed by atoms with Gasteiger partial charge < -0.3 is 15.4 Å². The van der Waals surface area contributed by atoms with Gasteiger partial charge in [-0.3, -0.25) is 4.79 Å². The molecule has 0 aromatic rings. The van der Waals surface area contributed by atoms with Crippen LogP contribution in [0.5, 0.6) is 0 Å². The maximum Gasteiger partial charge on any atom is 0.239 e. The second kappa shape index (κ2) is 5.36. The highest BCUT2D eigenvalue weighted by Gasteiger charge is 2.38. The molecule has 1 unspecified atom stereocenters. The Labute approximate surface area is 103 Å². The maximum atomic E-state index is 12.0. The molecule has 1 aliphatic carbocycles. The minimum atomic E-state index is -0.393. The lowest BCUT2D eigenvalue weighted by atomic mass is 9.92. The molecule has 0 radical (unpaired) electrons. The molecule has 98 valence electrons. The van der Waals surface area contributed by atoms with Crippen LogP contribution in [0.2, 0.25) is 0 Å². The van der Waals surface area contributed by atoms with Crippen LogP contribution >= 0.6 is 0 Å². The lowest BCUT2D eigenvalue weighted by Gasteiger charge is -2.43. The molecular formula is C13H24N2O2. The number of amides is 1. The van der Waals surface area contributed by atoms with E-state index in [4.69, 9.17) is 10.5 Å². The monoisotopic (exact) mass is 240 g/mol. The Morgan fingerprint density at radius 1 is 1.29 bits per heavy atom. The summed E-state index contributed by atoms with van der Waals surface area (Å²) in [6.07, 6.45) is 7.23. The molecule has 4 nitrogen and oxygen atoms in total. The number of hydrogen-bond donors (Lipinski definition) is 1. The number of rotatable bonds is 1. The van der Waals surface area contributed by atoms with E-state index < -0.39 is 6.04 Å². The van der Waals surface area contributed by atoms with Gasteiger partial charge in [0.15, 0.2) is 0 Å². The molecule has 4 heteroatoms. The molecule has 0 aromatic heterocycles. The van der Waals surface area contributed by atoms with Gasteiger partial charge in [0.2, 0.25) is 5.91 Å². The van der Waals surface area contributed by atoms with Crippen molar-refractivity contribution < 1.29 is 9.53 Å². The molecule has 2 fully saturated rings. The highest BCUT2D eigenvalue weighted by atomic mass is 16.5. The minimum absolute atomic E-state index is 0.0666. The number of carbonyl (C=O) groups is 1. The number of morpholine rings is 1. The standard InChI is InChI=1S/C13H24N2O2/c1-11(14)12(16)15-8-9-17-13(10-15)6-4-2-3-5-7-13/h11H,2-10,14H2,1H3. The molecule has 1 atom stereocenters. The van der Waals surface area contributed by atoms with Gasteiger partial charge in [0.05, 0.1) is 18.2 Å². The van der Waals surface area contributed by atoms with Crippen LogP contribution in [0.4, 0.5) is 0 Å². The van der Waals surface area contributed by atoms with Crippen LogP contribution in [0.3, 0.4) is 0 Å². The first kappa shape index (κ1) is 12.8. The molecule has 1 saturated heterocycles. The Hall–Kier alpha value is -0.610. The van der Waals surface area contributed by atoms with Crippen molar-refractivity contribution in [2.45, 2.75) is 57.1 Å². The SMILES string of the molecule is CC(N)C(=O)N1CCOC2(CCCCCC2)C1. The van der Waals surface area contributed by atoms with Gasteiger partial charge in [0.25, 0.3) is 0 Å². The molecule has 2 rings (SSSR count). The first-order valence-electron chi connectivity index (χ1n) is 6.81. The summed E-state index contributed by atoms with van der Waals surface area (Å²) in [5, 5.41) is 0. The predicted octanol–water partition coefficient (Wildman–Crippen LogP) is 1.29. The molecule has 2 aliphatic rings. The second-order valence-electron chi connectivity index (χ2n) is 5.49. The first-order valence-corrected chi connectivity index (χ1v) is 6.81. The number of hydrogen-bond acceptors (Lipinski definition) is 3. The minimum Gasteiger partial charge on any atom is -0.371 e. The normalized spacial score (nSPS) is 26.6. The molecule has 1 spiro atoms. The molecule has 0 bridgehead atoms. The average molecular weight is 240 g/mol. The Kier molecular flexibility index (Phi) is 4.05. The molecule has 17 heavy (non-hydrogen) atoms. The summed E-state index contributed by atoms with van der Waals surface area (Å²) < 4.78 is 6.01. The molecule has 1 aliphatic heterocycles. The van der Waals surface area contributed by atoms with Crippen molar-refractivity contribution in [3.63, 3.8) is 0 Å². The smallest absolute Gasteiger partial charge is 0.239 e. The van der Waals surface area contributed by atoms with Gasteiger partial charge in [-0.05, 0) is 19.8 Å². The fourth-order valence-corrected chi connectivity index (χ4v) is 3.00. The zero-order valence-electron chi connectivity index (χ0n) is 10.8. The summed E-state index contributed by atoms with van der Waals surface area (Å²) >= 11 is 0. The van der Waals surface area contributed by atoms with Crippen LogP contribution in [0.1, 0.15) is 45.4 Å². The van der Waals surface area contributed by atoms with Crippen molar-refractivity contribution in [2.75, 3.05) is 19.7 Å². The summed E-state index contributed by atoms with van der Waals surface area (Å²) in [7, 11) is 0. The van der Waals surface area contributed by atoms with Crippen molar-refractivity contribution in [3.05, 3.63) is 0 Å². The molecule has 1 amide bonds. The van der Waals surface area contributed by atoms with E-state index in [1.165, 1.54) is 25.7 Å². The van der Waals surface area contributed by atoms with Crippen LogP contribution in [0, 0.1) is 0 Å². The van der Waals surface area contributed by atoms with E-state index in [0.717, 1.165) is 19.4 Å². The van der Waals surface area contributed by atoms with E-state index in [2.05, 4.69) is 0 Å². The van der Waals surface area contributed by atoms with Crippen molar-refractivity contribution in [2.24, 2.45) is 5.73 Å². The lowest BCUT2D eigenvalue weighted by Crippen LogP contribution is -2.56. The van der Waals surface area contributed by atoms with Crippen molar-refractivity contribution in [1.82, 2.24) is 4.90 Å². The van der Waals surface area contributed by atoms with E-state index in [0.29, 0.717) is 13.2 Å². The second-order valence-corrected chi connectivity index (χ2v) is 5.49. The zero-order chi connectivity index (χ0) is 12.3. The van der Waals surface area contributed by atoms with E-state index in [1.54, 1.807) is 6.92 Å². The topological polar surface area (TPSA) is 55.6 Å². The largest absolute Gasteiger partial charge is 0.371 e. The van der Waals surface area contributed by atoms with Crippen LogP contribution in [0.15, 0.2) is 0 Å². The van der Waals surface area contributed by atoms with Crippen LogP contribution in [0.25, 0.3) is 0 Å². The van der Waals surface area contributed by atoms with E-state index in [-0.39, 0.29) is 11.5 Å². The van der Waals surface area contributed by atoms with Gasteiger partial charge in [-0.1, -0.05) is 25.7 Å². The highest BCUT2D eigenvalue weighted by Crippen LogP contribution is 2.33. The maximum absolute atomic E-state index is 12.0. The summed E-state index contributed by atoms with van der Waals surface area (Å²) in [5.41, 5.74) is 5.61. The third-order valence-electron chi connectivity index (χ3n) is 3.96. The van der Waals surface area contributed by atoms with Crippen molar-refractivity contribution >= 4 is 5.91 Å². The van der Waals surface area contributed by atoms with E-state index in [9.17, 15) is 4.79 Å². The first-order chi connectivity index (χ1) is 8.13. The quantitative estimate of drug-likeness (QED) is 0.751. The number of nitrogens with two attached hydrogens (primary N) is 1. The van der Waals surface area contributed by atoms with Gasteiger partial charge in [-0.25, -0.2) is 0 Å². The zero-order valence-corrected chi connectivity index (χ0v) is 10.8. The molecule has 1 heterocycles. The third kappa shape index (κ3) is 2.99. The Morgan fingerprint density at radius 3 is 2.53 bits per heavy atom. The van der Waals surface area contributed by atoms with E-state index >= 15 is 0 Å². The van der Waals surface area contributed by atoms with Gasteiger partial charge in [0, 0.05) is 13.1 Å². The third-order valence-corrected chi connectivity index (χ3v) is 3.96. The number of nitrogens with zero attached hydrogens (tertiary/aromatic N) is 1. The summed E-state index contributed by atoms with van der Waals surface area (Å²) in [6.45, 7) is 3.87. The van der Waals surface area contributed by atoms with Gasteiger partial charge in [-0.2, -0.15) is 0 Å². The fourth-order valence-electron chi connectivity index (χ4n) is 3.00. The molecule has 0 aromatic carbocycles. The van der Waals surface area contributed by atoms with Crippen molar-refractivity contribution in [3.8, 4) is 0 Å². The van der Waals surface area contributed by atoms with Crippen LogP contribution in [-0.2, 0) is 9.53 Å². The molecule has 2 N–H and O–H groups in total. The highest BCUT2D eigenvalue weighted by molar-refractivity contribution is 5.81. The van der Waals surface area contributed by atoms with Gasteiger partial charge in [0.1, 0.15) is 0 Å². The van der Waals surface area contributed by atoms with Crippen molar-refractivity contribution in [1.29, 1.82) is 0 Å². The Bertz CT molecular complexity index is 271. The average Bonchev–Trinajstić information content (AvgIpc) is 2.54. The Morgan fingerprint density at radius 2 is 1.94 bits per heavy atom.